The van der Waals surface area contributed by atoms with E-state index in [9.17, 15) is 9.90 Å². The van der Waals surface area contributed by atoms with Gasteiger partial charge in [0.25, 0.3) is 0 Å². The van der Waals surface area contributed by atoms with Crippen LogP contribution < -0.4 is 5.32 Å². The van der Waals surface area contributed by atoms with Gasteiger partial charge in [-0.3, -0.25) is 0 Å². The molecule has 1 aromatic rings. The van der Waals surface area contributed by atoms with Crippen LogP contribution in [0.1, 0.15) is 39.2 Å². The number of thioether (sulfide) groups is 1. The molecule has 1 aliphatic heterocycles. The molecule has 0 radical (unpaired) electrons. The lowest BCUT2D eigenvalue weighted by Crippen LogP contribution is -2.60. The maximum atomic E-state index is 11.6. The molecular weight excluding hydrogens is 348 g/mol. The molecule has 0 aliphatic carbocycles. The first kappa shape index (κ1) is 19.3. The molecule has 0 spiro atoms. The number of nitrogens with one attached hydrogen (secondary N) is 1. The number of amides is 1. The van der Waals surface area contributed by atoms with Gasteiger partial charge in [-0.15, -0.1) is 0 Å². The molecule has 134 valence electrons. The van der Waals surface area contributed by atoms with Crippen LogP contribution in [0, 0.1) is 5.41 Å². The van der Waals surface area contributed by atoms with Crippen LogP contribution in [0.4, 0.5) is 4.79 Å². The topological polar surface area (TPSA) is 78.4 Å². The van der Waals surface area contributed by atoms with Gasteiger partial charge in [0.2, 0.25) is 0 Å². The summed E-state index contributed by atoms with van der Waals surface area (Å²) in [4.78, 5) is 21.7. The number of halogens is 1. The van der Waals surface area contributed by atoms with Crippen molar-refractivity contribution in [2.75, 3.05) is 12.8 Å². The summed E-state index contributed by atoms with van der Waals surface area (Å²) >= 11 is 7.67. The summed E-state index contributed by atoms with van der Waals surface area (Å²) < 4.78 is 0. The molecule has 0 saturated carbocycles. The highest BCUT2D eigenvalue weighted by molar-refractivity contribution is 7.98. The van der Waals surface area contributed by atoms with Crippen LogP contribution in [0.5, 0.6) is 0 Å². The summed E-state index contributed by atoms with van der Waals surface area (Å²) in [5.41, 5.74) is 0.675. The summed E-state index contributed by atoms with van der Waals surface area (Å²) in [7, 11) is 0. The second-order valence-electron chi connectivity index (χ2n) is 7.09. The first-order valence-corrected chi connectivity index (χ1v) is 9.62. The molecule has 1 amide bonds. The maximum Gasteiger partial charge on any atom is 0.407 e. The minimum atomic E-state index is -0.855. The van der Waals surface area contributed by atoms with Gasteiger partial charge in [0.1, 0.15) is 5.15 Å². The number of rotatable bonds is 4. The van der Waals surface area contributed by atoms with E-state index in [4.69, 9.17) is 11.6 Å². The van der Waals surface area contributed by atoms with Crippen LogP contribution in [0.3, 0.4) is 0 Å². The smallest absolute Gasteiger partial charge is 0.407 e. The van der Waals surface area contributed by atoms with E-state index in [-0.39, 0.29) is 17.5 Å². The highest BCUT2D eigenvalue weighted by Gasteiger charge is 2.41. The third kappa shape index (κ3) is 4.52. The van der Waals surface area contributed by atoms with Crippen LogP contribution >= 0.6 is 23.4 Å². The van der Waals surface area contributed by atoms with E-state index in [1.807, 2.05) is 6.26 Å². The number of likely N-dealkylation sites (tertiary alicyclic amines) is 1. The molecule has 2 unspecified atom stereocenters. The van der Waals surface area contributed by atoms with Crippen molar-refractivity contribution in [3.8, 4) is 0 Å². The van der Waals surface area contributed by atoms with Crippen LogP contribution in [0.2, 0.25) is 5.15 Å². The highest BCUT2D eigenvalue weighted by Crippen LogP contribution is 2.32. The minimum absolute atomic E-state index is 0.0751. The molecule has 0 bridgehead atoms. The van der Waals surface area contributed by atoms with Crippen LogP contribution in [-0.4, -0.2) is 51.0 Å². The molecule has 2 N–H and O–H groups in total. The normalized spacial score (nSPS) is 21.8. The number of carbonyl (C=O) groups is 1. The Kier molecular flexibility index (Phi) is 6.33. The quantitative estimate of drug-likeness (QED) is 0.478. The van der Waals surface area contributed by atoms with Crippen molar-refractivity contribution in [3.05, 3.63) is 16.9 Å². The van der Waals surface area contributed by atoms with Gasteiger partial charge in [0.15, 0.2) is 5.16 Å². The fourth-order valence-electron chi connectivity index (χ4n) is 3.32. The van der Waals surface area contributed by atoms with E-state index >= 15 is 0 Å². The van der Waals surface area contributed by atoms with E-state index in [0.717, 1.165) is 18.4 Å². The molecule has 1 aliphatic rings. The lowest BCUT2D eigenvalue weighted by Gasteiger charge is -2.47. The first-order valence-electron chi connectivity index (χ1n) is 8.02. The largest absolute Gasteiger partial charge is 0.465 e. The van der Waals surface area contributed by atoms with Gasteiger partial charge in [0, 0.05) is 30.9 Å². The van der Waals surface area contributed by atoms with Gasteiger partial charge in [0.05, 0.1) is 6.04 Å². The fraction of sp³-hybridized carbons (Fsp3) is 0.688. The number of hydrogen-bond acceptors (Lipinski definition) is 5. The zero-order valence-electron chi connectivity index (χ0n) is 14.5. The van der Waals surface area contributed by atoms with Gasteiger partial charge in [-0.05, 0) is 24.5 Å². The van der Waals surface area contributed by atoms with Crippen LogP contribution in [0.25, 0.3) is 0 Å². The standard InChI is InChI=1S/C16H25ClN4O2S/c1-16(2,3)12-11(6-5-7-21(12)15(22)23)18-8-10-9-19-14(24-4)20-13(10)17/h9,11-12,18H,5-8H2,1-4H3,(H,22,23). The molecule has 1 fully saturated rings. The molecule has 6 nitrogen and oxygen atoms in total. The second kappa shape index (κ2) is 7.89. The van der Waals surface area contributed by atoms with Crippen molar-refractivity contribution in [1.29, 1.82) is 0 Å². The Hall–Kier alpha value is -1.05. The zero-order chi connectivity index (χ0) is 17.9. The molecule has 2 heterocycles. The van der Waals surface area contributed by atoms with Crippen LogP contribution in [-0.2, 0) is 6.54 Å². The lowest BCUT2D eigenvalue weighted by atomic mass is 9.77. The van der Waals surface area contributed by atoms with Crippen molar-refractivity contribution in [2.45, 2.75) is 57.4 Å². The maximum absolute atomic E-state index is 11.6. The van der Waals surface area contributed by atoms with E-state index in [1.54, 1.807) is 11.1 Å². The predicted molar refractivity (Wildman–Crippen MR) is 96.7 cm³/mol. The Morgan fingerprint density at radius 3 is 2.79 bits per heavy atom. The molecular formula is C16H25ClN4O2S. The third-order valence-electron chi connectivity index (χ3n) is 4.29. The molecule has 8 heteroatoms. The SMILES string of the molecule is CSc1ncc(CNC2CCCN(C(=O)O)C2C(C)(C)C)c(Cl)n1. The summed E-state index contributed by atoms with van der Waals surface area (Å²) in [6.07, 6.45) is 4.57. The van der Waals surface area contributed by atoms with Gasteiger partial charge in [-0.1, -0.05) is 44.1 Å². The molecule has 2 atom stereocenters. The van der Waals surface area contributed by atoms with Crippen LogP contribution in [0.15, 0.2) is 11.4 Å². The van der Waals surface area contributed by atoms with Gasteiger partial charge in [-0.25, -0.2) is 14.8 Å². The monoisotopic (exact) mass is 372 g/mol. The van der Waals surface area contributed by atoms with Crippen molar-refractivity contribution in [1.82, 2.24) is 20.2 Å². The summed E-state index contributed by atoms with van der Waals surface area (Å²) in [5.74, 6) is 0. The number of nitrogens with zero attached hydrogens (tertiary/aromatic N) is 3. The second-order valence-corrected chi connectivity index (χ2v) is 8.22. The Bertz CT molecular complexity index is 594. The molecule has 0 aromatic carbocycles. The molecule has 1 aromatic heterocycles. The minimum Gasteiger partial charge on any atom is -0.465 e. The van der Waals surface area contributed by atoms with E-state index < -0.39 is 6.09 Å². The summed E-state index contributed by atoms with van der Waals surface area (Å²) in [6.45, 7) is 7.35. The number of hydrogen-bond donors (Lipinski definition) is 2. The van der Waals surface area contributed by atoms with Crippen molar-refractivity contribution < 1.29 is 9.90 Å². The van der Waals surface area contributed by atoms with Crippen molar-refractivity contribution in [3.63, 3.8) is 0 Å². The lowest BCUT2D eigenvalue weighted by molar-refractivity contribution is 0.0372. The Morgan fingerprint density at radius 2 is 2.25 bits per heavy atom. The Morgan fingerprint density at radius 1 is 1.54 bits per heavy atom. The molecule has 2 rings (SSSR count). The number of piperidine rings is 1. The summed E-state index contributed by atoms with van der Waals surface area (Å²) in [5, 5.41) is 14.1. The average Bonchev–Trinajstić information content (AvgIpc) is 2.52. The molecule has 24 heavy (non-hydrogen) atoms. The summed E-state index contributed by atoms with van der Waals surface area (Å²) in [6, 6.07) is -0.0138. The van der Waals surface area contributed by atoms with Crippen molar-refractivity contribution in [2.24, 2.45) is 5.41 Å². The number of carboxylic acid groups (broad SMARTS) is 1. The van der Waals surface area contributed by atoms with Gasteiger partial charge in [-0.2, -0.15) is 0 Å². The van der Waals surface area contributed by atoms with E-state index in [0.29, 0.717) is 23.4 Å². The van der Waals surface area contributed by atoms with E-state index in [2.05, 4.69) is 36.1 Å². The predicted octanol–water partition coefficient (Wildman–Crippen LogP) is 3.50. The Balaban J connectivity index is 2.13. The van der Waals surface area contributed by atoms with Crippen molar-refractivity contribution >= 4 is 29.5 Å². The Labute approximate surface area is 152 Å². The zero-order valence-corrected chi connectivity index (χ0v) is 16.1. The third-order valence-corrected chi connectivity index (χ3v) is 5.18. The highest BCUT2D eigenvalue weighted by atomic mass is 35.5. The first-order chi connectivity index (χ1) is 11.2. The number of aromatic nitrogens is 2. The van der Waals surface area contributed by atoms with Gasteiger partial charge >= 0.3 is 6.09 Å². The fourth-order valence-corrected chi connectivity index (χ4v) is 3.91. The van der Waals surface area contributed by atoms with E-state index in [1.165, 1.54) is 11.8 Å². The van der Waals surface area contributed by atoms with Gasteiger partial charge < -0.3 is 15.3 Å². The average molecular weight is 373 g/mol. The molecule has 1 saturated heterocycles.